The molecule has 0 spiro atoms. The van der Waals surface area contributed by atoms with Crippen molar-refractivity contribution in [1.82, 2.24) is 0 Å². The summed E-state index contributed by atoms with van der Waals surface area (Å²) in [5.74, 6) is -8.58. The van der Waals surface area contributed by atoms with E-state index in [1.54, 1.807) is 0 Å². The zero-order valence-corrected chi connectivity index (χ0v) is 9.60. The van der Waals surface area contributed by atoms with E-state index in [4.69, 9.17) is 0 Å². The Kier molecular flexibility index (Phi) is 3.71. The number of aliphatic hydroxyl groups excluding tert-OH is 1. The largest absolute Gasteiger partial charge is 0.383 e. The van der Waals surface area contributed by atoms with Gasteiger partial charge < -0.3 is 5.11 Å². The van der Waals surface area contributed by atoms with E-state index < -0.39 is 52.1 Å². The van der Waals surface area contributed by atoms with Gasteiger partial charge in [-0.2, -0.15) is 0 Å². The summed E-state index contributed by atoms with van der Waals surface area (Å²) in [4.78, 5) is 0. The highest BCUT2D eigenvalue weighted by Crippen LogP contribution is 2.30. The quantitative estimate of drug-likeness (QED) is 0.662. The van der Waals surface area contributed by atoms with Gasteiger partial charge in [0.25, 0.3) is 0 Å². The van der Waals surface area contributed by atoms with Crippen molar-refractivity contribution in [3.8, 4) is 0 Å². The molecule has 0 saturated carbocycles. The molecular weight excluding hydrogens is 286 g/mol. The molecule has 0 radical (unpaired) electrons. The lowest BCUT2D eigenvalue weighted by Crippen LogP contribution is -2.09. The Bertz CT molecular complexity index is 647. The SMILES string of the molecule is OC(c1cc(F)c(F)cc1F)c1c(F)cc(F)cc1F. The van der Waals surface area contributed by atoms with E-state index in [2.05, 4.69) is 0 Å². The summed E-state index contributed by atoms with van der Waals surface area (Å²) < 4.78 is 78.7. The van der Waals surface area contributed by atoms with Gasteiger partial charge >= 0.3 is 0 Å². The molecule has 0 bridgehead atoms. The zero-order valence-electron chi connectivity index (χ0n) is 9.60. The van der Waals surface area contributed by atoms with Gasteiger partial charge in [-0.05, 0) is 6.07 Å². The molecule has 1 atom stereocenters. The molecule has 0 amide bonds. The number of halogens is 6. The predicted molar refractivity (Wildman–Crippen MR) is 56.7 cm³/mol. The average molecular weight is 292 g/mol. The van der Waals surface area contributed by atoms with Gasteiger partial charge in [-0.15, -0.1) is 0 Å². The van der Waals surface area contributed by atoms with Crippen molar-refractivity contribution in [3.63, 3.8) is 0 Å². The van der Waals surface area contributed by atoms with Crippen molar-refractivity contribution in [2.24, 2.45) is 0 Å². The molecule has 2 aromatic carbocycles. The van der Waals surface area contributed by atoms with Gasteiger partial charge in [0.05, 0.1) is 5.56 Å². The summed E-state index contributed by atoms with van der Waals surface area (Å²) in [5, 5.41) is 9.71. The maximum atomic E-state index is 13.4. The van der Waals surface area contributed by atoms with Gasteiger partial charge in [0, 0.05) is 23.8 Å². The van der Waals surface area contributed by atoms with Crippen LogP contribution in [0, 0.1) is 34.9 Å². The van der Waals surface area contributed by atoms with Gasteiger partial charge in [-0.25, -0.2) is 26.3 Å². The van der Waals surface area contributed by atoms with Crippen molar-refractivity contribution in [3.05, 3.63) is 70.3 Å². The molecule has 1 N–H and O–H groups in total. The first-order valence-electron chi connectivity index (χ1n) is 5.28. The third-order valence-corrected chi connectivity index (χ3v) is 2.65. The number of benzene rings is 2. The predicted octanol–water partition coefficient (Wildman–Crippen LogP) is 3.60. The summed E-state index contributed by atoms with van der Waals surface area (Å²) in [6.45, 7) is 0. The molecule has 0 heterocycles. The van der Waals surface area contributed by atoms with Crippen LogP contribution in [0.3, 0.4) is 0 Å². The van der Waals surface area contributed by atoms with E-state index >= 15 is 0 Å². The first-order valence-corrected chi connectivity index (χ1v) is 5.28. The molecule has 0 saturated heterocycles. The molecule has 0 aromatic heterocycles. The fourth-order valence-corrected chi connectivity index (χ4v) is 1.72. The molecule has 0 aliphatic heterocycles. The molecule has 0 fully saturated rings. The lowest BCUT2D eigenvalue weighted by atomic mass is 9.99. The third-order valence-electron chi connectivity index (χ3n) is 2.65. The molecule has 0 aliphatic carbocycles. The second kappa shape index (κ2) is 5.16. The second-order valence-electron chi connectivity index (χ2n) is 3.97. The van der Waals surface area contributed by atoms with Gasteiger partial charge in [0.15, 0.2) is 11.6 Å². The van der Waals surface area contributed by atoms with Crippen molar-refractivity contribution in [2.45, 2.75) is 6.10 Å². The van der Waals surface area contributed by atoms with Gasteiger partial charge in [0.1, 0.15) is 29.4 Å². The highest BCUT2D eigenvalue weighted by Gasteiger charge is 2.25. The molecule has 1 nitrogen and oxygen atoms in total. The van der Waals surface area contributed by atoms with Crippen LogP contribution in [0.5, 0.6) is 0 Å². The fourth-order valence-electron chi connectivity index (χ4n) is 1.72. The van der Waals surface area contributed by atoms with Gasteiger partial charge in [0.2, 0.25) is 0 Å². The number of hydrogen-bond acceptors (Lipinski definition) is 1. The maximum Gasteiger partial charge on any atom is 0.161 e. The van der Waals surface area contributed by atoms with E-state index in [-0.39, 0.29) is 24.3 Å². The Morgan fingerprint density at radius 3 is 1.70 bits per heavy atom. The lowest BCUT2D eigenvalue weighted by molar-refractivity contribution is 0.202. The van der Waals surface area contributed by atoms with E-state index in [0.717, 1.165) is 0 Å². The Morgan fingerprint density at radius 1 is 0.650 bits per heavy atom. The number of hydrogen-bond donors (Lipinski definition) is 1. The van der Waals surface area contributed by atoms with Crippen LogP contribution in [0.2, 0.25) is 0 Å². The normalized spacial score (nSPS) is 12.6. The Labute approximate surface area is 109 Å². The Morgan fingerprint density at radius 2 is 1.15 bits per heavy atom. The van der Waals surface area contributed by atoms with Crippen LogP contribution in [0.1, 0.15) is 17.2 Å². The lowest BCUT2D eigenvalue weighted by Gasteiger charge is -2.14. The van der Waals surface area contributed by atoms with Crippen molar-refractivity contribution in [2.75, 3.05) is 0 Å². The third kappa shape index (κ3) is 2.49. The van der Waals surface area contributed by atoms with Crippen LogP contribution in [-0.4, -0.2) is 5.11 Å². The van der Waals surface area contributed by atoms with E-state index in [1.807, 2.05) is 0 Å². The first kappa shape index (κ1) is 14.4. The van der Waals surface area contributed by atoms with E-state index in [9.17, 15) is 31.4 Å². The Balaban J connectivity index is 2.57. The van der Waals surface area contributed by atoms with Crippen molar-refractivity contribution in [1.29, 1.82) is 0 Å². The van der Waals surface area contributed by atoms with Crippen LogP contribution in [0.15, 0.2) is 24.3 Å². The minimum absolute atomic E-state index is 0.132. The van der Waals surface area contributed by atoms with Gasteiger partial charge in [-0.1, -0.05) is 0 Å². The second-order valence-corrected chi connectivity index (χ2v) is 3.97. The molecule has 7 heteroatoms. The topological polar surface area (TPSA) is 20.2 Å². The molecule has 106 valence electrons. The highest BCUT2D eigenvalue weighted by molar-refractivity contribution is 5.33. The van der Waals surface area contributed by atoms with Crippen LogP contribution in [0.4, 0.5) is 26.3 Å². The molecule has 0 aliphatic rings. The molecule has 1 unspecified atom stereocenters. The van der Waals surface area contributed by atoms with Gasteiger partial charge in [-0.3, -0.25) is 0 Å². The summed E-state index contributed by atoms with van der Waals surface area (Å²) in [5.41, 5.74) is -1.93. The zero-order chi connectivity index (χ0) is 15.0. The summed E-state index contributed by atoms with van der Waals surface area (Å²) in [7, 11) is 0. The summed E-state index contributed by atoms with van der Waals surface area (Å²) in [6, 6.07) is 0.962. The van der Waals surface area contributed by atoms with Crippen molar-refractivity contribution < 1.29 is 31.4 Å². The van der Waals surface area contributed by atoms with E-state index in [1.165, 1.54) is 0 Å². The monoisotopic (exact) mass is 292 g/mol. The molecule has 2 rings (SSSR count). The highest BCUT2D eigenvalue weighted by atomic mass is 19.2. The summed E-state index contributed by atoms with van der Waals surface area (Å²) >= 11 is 0. The molecule has 2 aromatic rings. The Hall–Kier alpha value is -2.02. The van der Waals surface area contributed by atoms with Crippen LogP contribution >= 0.6 is 0 Å². The standard InChI is InChI=1S/C13H6F6O/c14-5-1-10(18)12(11(19)2-5)13(20)6-3-8(16)9(17)4-7(6)15/h1-4,13,20H. The maximum absolute atomic E-state index is 13.4. The average Bonchev–Trinajstić information content (AvgIpc) is 2.32. The smallest absolute Gasteiger partial charge is 0.161 e. The first-order chi connectivity index (χ1) is 9.31. The van der Waals surface area contributed by atoms with E-state index in [0.29, 0.717) is 0 Å². The minimum Gasteiger partial charge on any atom is -0.383 e. The van der Waals surface area contributed by atoms with Crippen molar-refractivity contribution >= 4 is 0 Å². The number of rotatable bonds is 2. The molecule has 20 heavy (non-hydrogen) atoms. The fraction of sp³-hybridized carbons (Fsp3) is 0.0769. The minimum atomic E-state index is -2.24. The summed E-state index contributed by atoms with van der Waals surface area (Å²) in [6.07, 6.45) is -2.24. The molecular formula is C13H6F6O. The van der Waals surface area contributed by atoms with Crippen LogP contribution in [-0.2, 0) is 0 Å². The van der Waals surface area contributed by atoms with Crippen LogP contribution in [0.25, 0.3) is 0 Å². The number of aliphatic hydroxyl groups is 1. The van der Waals surface area contributed by atoms with Crippen LogP contribution < -0.4 is 0 Å².